The summed E-state index contributed by atoms with van der Waals surface area (Å²) in [5, 5.41) is 5.14. The average Bonchev–Trinajstić information content (AvgIpc) is 2.49. The van der Waals surface area contributed by atoms with Gasteiger partial charge in [0.15, 0.2) is 0 Å². The van der Waals surface area contributed by atoms with Crippen LogP contribution in [0.25, 0.3) is 0 Å². The molecule has 2 heterocycles. The van der Waals surface area contributed by atoms with Crippen molar-refractivity contribution in [3.8, 4) is 0 Å². The Morgan fingerprint density at radius 2 is 1.62 bits per heavy atom. The van der Waals surface area contributed by atoms with E-state index in [9.17, 15) is 14.4 Å². The number of benzene rings is 1. The van der Waals surface area contributed by atoms with Crippen LogP contribution in [0.3, 0.4) is 0 Å². The Bertz CT molecular complexity index is 567. The second-order valence-corrected chi connectivity index (χ2v) is 5.30. The van der Waals surface area contributed by atoms with Gasteiger partial charge in [0.2, 0.25) is 5.91 Å². The number of carbonyl (C=O) groups is 3. The molecule has 2 aliphatic heterocycles. The third-order valence-electron chi connectivity index (χ3n) is 3.89. The summed E-state index contributed by atoms with van der Waals surface area (Å²) in [7, 11) is 0. The molecule has 21 heavy (non-hydrogen) atoms. The molecule has 0 aliphatic carbocycles. The molecule has 1 N–H and O–H groups in total. The van der Waals surface area contributed by atoms with Crippen LogP contribution in [-0.4, -0.2) is 41.0 Å². The number of piperidine rings is 1. The van der Waals surface area contributed by atoms with E-state index in [-0.39, 0.29) is 0 Å². The molecule has 2 aliphatic rings. The monoisotopic (exact) mass is 287 g/mol. The molecule has 110 valence electrons. The zero-order valence-corrected chi connectivity index (χ0v) is 11.6. The van der Waals surface area contributed by atoms with Crippen LogP contribution >= 0.6 is 0 Å². The Balaban J connectivity index is 1.89. The number of nitrogens with one attached hydrogen (secondary N) is 1. The lowest BCUT2D eigenvalue weighted by Gasteiger charge is -2.39. The predicted molar refractivity (Wildman–Crippen MR) is 75.0 cm³/mol. The lowest BCUT2D eigenvalue weighted by Crippen LogP contribution is -2.63. The van der Waals surface area contributed by atoms with Gasteiger partial charge in [-0.1, -0.05) is 36.8 Å². The van der Waals surface area contributed by atoms with Crippen LogP contribution in [0.4, 0.5) is 4.79 Å². The maximum absolute atomic E-state index is 12.6. The number of barbiturate groups is 1. The molecule has 2 fully saturated rings. The predicted octanol–water partition coefficient (Wildman–Crippen LogP) is 1.25. The number of carbonyl (C=O) groups excluding carboxylic acids is 3. The summed E-state index contributed by atoms with van der Waals surface area (Å²) in [6.07, 6.45) is 2.99. The fourth-order valence-corrected chi connectivity index (χ4v) is 2.85. The van der Waals surface area contributed by atoms with Crippen molar-refractivity contribution >= 4 is 17.8 Å². The van der Waals surface area contributed by atoms with Gasteiger partial charge in [0.25, 0.3) is 5.91 Å². The lowest BCUT2D eigenvalue weighted by molar-refractivity contribution is -0.151. The first-order valence-corrected chi connectivity index (χ1v) is 7.17. The SMILES string of the molecule is O=C1NC(=O)N(N2CCCCC2)C(=O)C1c1ccccc1. The average molecular weight is 287 g/mol. The highest BCUT2D eigenvalue weighted by Gasteiger charge is 2.44. The van der Waals surface area contributed by atoms with Crippen LogP contribution in [0, 0.1) is 0 Å². The lowest BCUT2D eigenvalue weighted by atomic mass is 9.95. The maximum atomic E-state index is 12.6. The Kier molecular flexibility index (Phi) is 3.70. The summed E-state index contributed by atoms with van der Waals surface area (Å²) >= 11 is 0. The van der Waals surface area contributed by atoms with Crippen LogP contribution in [-0.2, 0) is 9.59 Å². The van der Waals surface area contributed by atoms with Crippen molar-refractivity contribution in [3.63, 3.8) is 0 Å². The maximum Gasteiger partial charge on any atom is 0.345 e. The number of rotatable bonds is 2. The molecule has 4 amide bonds. The van der Waals surface area contributed by atoms with E-state index < -0.39 is 23.8 Å². The quantitative estimate of drug-likeness (QED) is 0.831. The first kappa shape index (κ1) is 13.8. The molecule has 1 atom stereocenters. The molecule has 1 unspecified atom stereocenters. The van der Waals surface area contributed by atoms with Gasteiger partial charge in [-0.15, -0.1) is 0 Å². The zero-order chi connectivity index (χ0) is 14.8. The van der Waals surface area contributed by atoms with Gasteiger partial charge in [0.1, 0.15) is 5.92 Å². The van der Waals surface area contributed by atoms with Crippen LogP contribution in [0.2, 0.25) is 0 Å². The molecule has 0 aromatic heterocycles. The second-order valence-electron chi connectivity index (χ2n) is 5.30. The van der Waals surface area contributed by atoms with Crippen molar-refractivity contribution in [3.05, 3.63) is 35.9 Å². The van der Waals surface area contributed by atoms with Gasteiger partial charge in [-0.3, -0.25) is 14.9 Å². The van der Waals surface area contributed by atoms with Gasteiger partial charge in [0, 0.05) is 13.1 Å². The number of hydrogen-bond acceptors (Lipinski definition) is 4. The third-order valence-corrected chi connectivity index (χ3v) is 3.89. The molecule has 0 spiro atoms. The molecule has 1 aromatic rings. The normalized spacial score (nSPS) is 24.1. The van der Waals surface area contributed by atoms with Crippen molar-refractivity contribution < 1.29 is 14.4 Å². The van der Waals surface area contributed by atoms with E-state index in [1.165, 1.54) is 0 Å². The second kappa shape index (κ2) is 5.65. The highest BCUT2D eigenvalue weighted by atomic mass is 16.2. The summed E-state index contributed by atoms with van der Waals surface area (Å²) in [5.74, 6) is -1.97. The fourth-order valence-electron chi connectivity index (χ4n) is 2.85. The molecule has 0 bridgehead atoms. The molecule has 3 rings (SSSR count). The minimum atomic E-state index is -0.953. The van der Waals surface area contributed by atoms with E-state index in [0.717, 1.165) is 24.3 Å². The van der Waals surface area contributed by atoms with Gasteiger partial charge in [-0.05, 0) is 18.4 Å². The highest BCUT2D eigenvalue weighted by molar-refractivity contribution is 6.19. The zero-order valence-electron chi connectivity index (χ0n) is 11.6. The first-order chi connectivity index (χ1) is 10.2. The molecule has 2 saturated heterocycles. The number of urea groups is 1. The Hall–Kier alpha value is -2.21. The van der Waals surface area contributed by atoms with Crippen LogP contribution in [0.1, 0.15) is 30.7 Å². The van der Waals surface area contributed by atoms with Gasteiger partial charge in [0.05, 0.1) is 0 Å². The van der Waals surface area contributed by atoms with Gasteiger partial charge < -0.3 is 0 Å². The minimum Gasteiger partial charge on any atom is -0.275 e. The van der Waals surface area contributed by atoms with Crippen molar-refractivity contribution in [2.75, 3.05) is 13.1 Å². The van der Waals surface area contributed by atoms with Crippen molar-refractivity contribution in [2.45, 2.75) is 25.2 Å². The summed E-state index contributed by atoms with van der Waals surface area (Å²) in [5.41, 5.74) is 0.606. The minimum absolute atomic E-state index is 0.461. The van der Waals surface area contributed by atoms with Crippen molar-refractivity contribution in [1.82, 2.24) is 15.3 Å². The summed E-state index contributed by atoms with van der Waals surface area (Å²) in [4.78, 5) is 36.7. The number of hydrazine groups is 1. The van der Waals surface area contributed by atoms with E-state index in [1.807, 2.05) is 6.07 Å². The van der Waals surface area contributed by atoms with Gasteiger partial charge >= 0.3 is 6.03 Å². The van der Waals surface area contributed by atoms with Crippen LogP contribution in [0.5, 0.6) is 0 Å². The van der Waals surface area contributed by atoms with Crippen LogP contribution in [0.15, 0.2) is 30.3 Å². The summed E-state index contributed by atoms with van der Waals surface area (Å²) in [6, 6.07) is 8.19. The smallest absolute Gasteiger partial charge is 0.275 e. The Morgan fingerprint density at radius 1 is 0.952 bits per heavy atom. The summed E-state index contributed by atoms with van der Waals surface area (Å²) < 4.78 is 0. The topological polar surface area (TPSA) is 69.7 Å². The van der Waals surface area contributed by atoms with E-state index in [1.54, 1.807) is 29.3 Å². The molecule has 6 nitrogen and oxygen atoms in total. The number of imide groups is 2. The standard InChI is InChI=1S/C15H17N3O3/c19-13-12(11-7-3-1-4-8-11)14(20)18(15(21)16-13)17-9-5-2-6-10-17/h1,3-4,7-8,12H,2,5-6,9-10H2,(H,16,19,21). The summed E-state index contributed by atoms with van der Waals surface area (Å²) in [6.45, 7) is 1.32. The molecule has 0 radical (unpaired) electrons. The number of nitrogens with zero attached hydrogens (tertiary/aromatic N) is 2. The first-order valence-electron chi connectivity index (χ1n) is 7.17. The Morgan fingerprint density at radius 3 is 2.29 bits per heavy atom. The fraction of sp³-hybridized carbons (Fsp3) is 0.400. The molecular weight excluding hydrogens is 270 g/mol. The van der Waals surface area contributed by atoms with E-state index >= 15 is 0 Å². The molecule has 6 heteroatoms. The van der Waals surface area contributed by atoms with Crippen molar-refractivity contribution in [2.24, 2.45) is 0 Å². The third kappa shape index (κ3) is 2.54. The van der Waals surface area contributed by atoms with E-state index in [4.69, 9.17) is 0 Å². The molecular formula is C15H17N3O3. The van der Waals surface area contributed by atoms with E-state index in [0.29, 0.717) is 18.7 Å². The van der Waals surface area contributed by atoms with Gasteiger partial charge in [-0.25, -0.2) is 9.80 Å². The van der Waals surface area contributed by atoms with Crippen LogP contribution < -0.4 is 5.32 Å². The van der Waals surface area contributed by atoms with Gasteiger partial charge in [-0.2, -0.15) is 5.01 Å². The highest BCUT2D eigenvalue weighted by Crippen LogP contribution is 2.25. The number of hydrogen-bond donors (Lipinski definition) is 1. The number of amides is 4. The molecule has 0 saturated carbocycles. The van der Waals surface area contributed by atoms with Crippen molar-refractivity contribution in [1.29, 1.82) is 0 Å². The van der Waals surface area contributed by atoms with E-state index in [2.05, 4.69) is 5.32 Å². The molecule has 1 aromatic carbocycles. The Labute approximate surface area is 122 Å². The largest absolute Gasteiger partial charge is 0.345 e.